The lowest BCUT2D eigenvalue weighted by molar-refractivity contribution is -0.116. The Kier molecular flexibility index (Phi) is 9.97. The molecule has 5 aromatic rings. The molecule has 8 heteroatoms. The number of carbonyl (C=O) groups is 3. The molecule has 3 amide bonds. The Morgan fingerprint density at radius 3 is 2.02 bits per heavy atom. The Balaban J connectivity index is 1.37. The molecule has 0 spiro atoms. The fourth-order valence-electron chi connectivity index (χ4n) is 4.30. The van der Waals surface area contributed by atoms with Crippen LogP contribution >= 0.6 is 11.8 Å². The maximum absolute atomic E-state index is 14.3. The largest absolute Gasteiger partial charge is 0.322 e. The zero-order chi connectivity index (χ0) is 30.7. The first-order valence-corrected chi connectivity index (χ1v) is 14.7. The van der Waals surface area contributed by atoms with Crippen LogP contribution in [0.5, 0.6) is 0 Å². The van der Waals surface area contributed by atoms with Crippen LogP contribution in [0.4, 0.5) is 15.8 Å². The number of halogens is 1. The summed E-state index contributed by atoms with van der Waals surface area (Å²) in [4.78, 5) is 40.5. The van der Waals surface area contributed by atoms with Crippen LogP contribution in [-0.2, 0) is 9.59 Å². The number of rotatable bonds is 10. The van der Waals surface area contributed by atoms with Crippen molar-refractivity contribution in [3.63, 3.8) is 0 Å². The van der Waals surface area contributed by atoms with E-state index in [1.807, 2.05) is 66.7 Å². The molecular weight excluding hydrogens is 573 g/mol. The van der Waals surface area contributed by atoms with Gasteiger partial charge in [-0.2, -0.15) is 0 Å². The molecule has 0 aliphatic heterocycles. The fourth-order valence-corrected chi connectivity index (χ4v) is 5.39. The highest BCUT2D eigenvalue weighted by Crippen LogP contribution is 2.37. The first-order chi connectivity index (χ1) is 21.5. The third kappa shape index (κ3) is 8.08. The Morgan fingerprint density at radius 2 is 1.32 bits per heavy atom. The van der Waals surface area contributed by atoms with Crippen molar-refractivity contribution in [3.8, 4) is 0 Å². The van der Waals surface area contributed by atoms with Crippen LogP contribution in [0.15, 0.2) is 150 Å². The number of anilines is 2. The van der Waals surface area contributed by atoms with Crippen LogP contribution in [0.2, 0.25) is 0 Å². The van der Waals surface area contributed by atoms with Gasteiger partial charge in [-0.25, -0.2) is 4.39 Å². The van der Waals surface area contributed by atoms with Crippen molar-refractivity contribution in [2.24, 2.45) is 0 Å². The van der Waals surface area contributed by atoms with Crippen LogP contribution < -0.4 is 16.0 Å². The van der Waals surface area contributed by atoms with Crippen LogP contribution in [0.3, 0.4) is 0 Å². The lowest BCUT2D eigenvalue weighted by atomic mass is 10.1. The molecule has 0 aliphatic carbocycles. The van der Waals surface area contributed by atoms with Crippen molar-refractivity contribution in [2.75, 3.05) is 10.6 Å². The summed E-state index contributed by atoms with van der Waals surface area (Å²) in [5.74, 6) is -1.85. The van der Waals surface area contributed by atoms with Gasteiger partial charge in [0.25, 0.3) is 11.8 Å². The standard InChI is InChI=1S/C36H28FN3O3S/c37-30-21-10-11-22-31(30)39-36(43)33(26-15-6-2-7-16-26)44-29-20-12-19-28(24-29)38-35(42)32(23-25-13-4-1-5-14-25)40-34(41)27-17-8-3-9-18-27/h1-24,33H,(H,38,42)(H,39,43)(H,40,41)/b32-23-. The second-order valence-corrected chi connectivity index (χ2v) is 10.8. The zero-order valence-electron chi connectivity index (χ0n) is 23.4. The van der Waals surface area contributed by atoms with E-state index in [0.29, 0.717) is 16.1 Å². The van der Waals surface area contributed by atoms with E-state index in [1.54, 1.807) is 66.7 Å². The highest BCUT2D eigenvalue weighted by molar-refractivity contribution is 8.00. The van der Waals surface area contributed by atoms with E-state index in [4.69, 9.17) is 0 Å². The molecule has 44 heavy (non-hydrogen) atoms. The van der Waals surface area contributed by atoms with E-state index in [2.05, 4.69) is 16.0 Å². The SMILES string of the molecule is O=C(Nc1cccc(SC(C(=O)Nc2ccccc2F)c2ccccc2)c1)/C(=C/c1ccccc1)NC(=O)c1ccccc1. The predicted molar refractivity (Wildman–Crippen MR) is 173 cm³/mol. The van der Waals surface area contributed by atoms with Crippen molar-refractivity contribution in [1.29, 1.82) is 0 Å². The normalized spacial score (nSPS) is 11.7. The van der Waals surface area contributed by atoms with Gasteiger partial charge in [0.2, 0.25) is 5.91 Å². The van der Waals surface area contributed by atoms with Crippen molar-refractivity contribution in [1.82, 2.24) is 5.32 Å². The molecule has 0 fully saturated rings. The summed E-state index contributed by atoms with van der Waals surface area (Å²) in [5, 5.41) is 7.58. The Morgan fingerprint density at radius 1 is 0.682 bits per heavy atom. The molecule has 0 saturated carbocycles. The average Bonchev–Trinajstić information content (AvgIpc) is 3.06. The number of benzene rings is 5. The summed E-state index contributed by atoms with van der Waals surface area (Å²) in [6.45, 7) is 0. The van der Waals surface area contributed by atoms with Gasteiger partial charge in [-0.1, -0.05) is 97.1 Å². The summed E-state index contributed by atoms with van der Waals surface area (Å²) in [6.07, 6.45) is 1.60. The van der Waals surface area contributed by atoms with Gasteiger partial charge in [-0.15, -0.1) is 11.8 Å². The molecule has 1 unspecified atom stereocenters. The summed E-state index contributed by atoms with van der Waals surface area (Å²) >= 11 is 1.27. The van der Waals surface area contributed by atoms with E-state index in [0.717, 1.165) is 11.1 Å². The van der Waals surface area contributed by atoms with Gasteiger partial charge in [-0.05, 0) is 59.7 Å². The van der Waals surface area contributed by atoms with Gasteiger partial charge in [0.15, 0.2) is 0 Å². The number of para-hydroxylation sites is 1. The minimum atomic E-state index is -0.708. The third-order valence-electron chi connectivity index (χ3n) is 6.46. The van der Waals surface area contributed by atoms with Gasteiger partial charge in [-0.3, -0.25) is 14.4 Å². The Bertz CT molecular complexity index is 1780. The number of hydrogen-bond acceptors (Lipinski definition) is 4. The van der Waals surface area contributed by atoms with E-state index < -0.39 is 28.8 Å². The first-order valence-electron chi connectivity index (χ1n) is 13.8. The molecule has 0 aromatic heterocycles. The minimum absolute atomic E-state index is 0.0644. The molecule has 5 rings (SSSR count). The highest BCUT2D eigenvalue weighted by Gasteiger charge is 2.23. The molecule has 0 saturated heterocycles. The second-order valence-electron chi connectivity index (χ2n) is 9.65. The molecule has 0 heterocycles. The molecule has 0 radical (unpaired) electrons. The minimum Gasteiger partial charge on any atom is -0.322 e. The average molecular weight is 602 g/mol. The maximum atomic E-state index is 14.3. The van der Waals surface area contributed by atoms with E-state index in [-0.39, 0.29) is 11.4 Å². The van der Waals surface area contributed by atoms with Gasteiger partial charge >= 0.3 is 0 Å². The van der Waals surface area contributed by atoms with E-state index in [1.165, 1.54) is 23.9 Å². The first kappa shape index (κ1) is 30.0. The monoisotopic (exact) mass is 601 g/mol. The third-order valence-corrected chi connectivity index (χ3v) is 7.71. The molecular formula is C36H28FN3O3S. The van der Waals surface area contributed by atoms with Gasteiger partial charge in [0.1, 0.15) is 16.8 Å². The Labute approximate surface area is 259 Å². The van der Waals surface area contributed by atoms with Gasteiger partial charge < -0.3 is 16.0 Å². The second kappa shape index (κ2) is 14.6. The number of hydrogen-bond donors (Lipinski definition) is 3. The molecule has 0 aliphatic rings. The quantitative estimate of drug-likeness (QED) is 0.113. The molecule has 3 N–H and O–H groups in total. The molecule has 1 atom stereocenters. The summed E-state index contributed by atoms with van der Waals surface area (Å²) < 4.78 is 14.3. The van der Waals surface area contributed by atoms with Crippen molar-refractivity contribution in [3.05, 3.63) is 168 Å². The lowest BCUT2D eigenvalue weighted by Crippen LogP contribution is -2.30. The summed E-state index contributed by atoms with van der Waals surface area (Å²) in [6, 6.07) is 40.1. The number of thioether (sulfide) groups is 1. The highest BCUT2D eigenvalue weighted by atomic mass is 32.2. The molecule has 6 nitrogen and oxygen atoms in total. The number of carbonyl (C=O) groups excluding carboxylic acids is 3. The summed E-state index contributed by atoms with van der Waals surface area (Å²) in [7, 11) is 0. The Hall–Kier alpha value is -5.47. The molecule has 0 bridgehead atoms. The van der Waals surface area contributed by atoms with Gasteiger partial charge in [0, 0.05) is 16.1 Å². The van der Waals surface area contributed by atoms with E-state index in [9.17, 15) is 18.8 Å². The van der Waals surface area contributed by atoms with Crippen LogP contribution in [0, 0.1) is 5.82 Å². The van der Waals surface area contributed by atoms with E-state index >= 15 is 0 Å². The van der Waals surface area contributed by atoms with Gasteiger partial charge in [0.05, 0.1) is 5.69 Å². The molecule has 5 aromatic carbocycles. The fraction of sp³-hybridized carbons (Fsp3) is 0.0278. The lowest BCUT2D eigenvalue weighted by Gasteiger charge is -2.18. The van der Waals surface area contributed by atoms with Crippen molar-refractivity contribution >= 4 is 46.9 Å². The van der Waals surface area contributed by atoms with Crippen LogP contribution in [0.25, 0.3) is 6.08 Å². The smallest absolute Gasteiger partial charge is 0.272 e. The van der Waals surface area contributed by atoms with Crippen molar-refractivity contribution < 1.29 is 18.8 Å². The number of amides is 3. The predicted octanol–water partition coefficient (Wildman–Crippen LogP) is 7.71. The zero-order valence-corrected chi connectivity index (χ0v) is 24.3. The topological polar surface area (TPSA) is 87.3 Å². The van der Waals surface area contributed by atoms with Crippen LogP contribution in [0.1, 0.15) is 26.7 Å². The number of nitrogens with one attached hydrogen (secondary N) is 3. The summed E-state index contributed by atoms with van der Waals surface area (Å²) in [5.41, 5.74) is 2.51. The van der Waals surface area contributed by atoms with Crippen molar-refractivity contribution in [2.45, 2.75) is 10.1 Å². The maximum Gasteiger partial charge on any atom is 0.272 e. The van der Waals surface area contributed by atoms with Crippen LogP contribution in [-0.4, -0.2) is 17.7 Å². The molecule has 218 valence electrons.